The van der Waals surface area contributed by atoms with Crippen molar-refractivity contribution in [3.8, 4) is 5.75 Å². The fraction of sp³-hybridized carbons (Fsp3) is 0.200. The van der Waals surface area contributed by atoms with E-state index in [2.05, 4.69) is 31.9 Å². The van der Waals surface area contributed by atoms with Crippen molar-refractivity contribution in [1.82, 2.24) is 0 Å². The van der Waals surface area contributed by atoms with Gasteiger partial charge in [0.05, 0.1) is 20.9 Å². The van der Waals surface area contributed by atoms with E-state index in [1.807, 2.05) is 25.1 Å². The second-order valence-corrected chi connectivity index (χ2v) is 6.30. The highest BCUT2D eigenvalue weighted by Crippen LogP contribution is 2.35. The highest BCUT2D eigenvalue weighted by Gasteiger charge is 2.14. The molecule has 5 heteroatoms. The molecule has 1 nitrogen and oxygen atoms in total. The van der Waals surface area contributed by atoms with E-state index in [1.165, 1.54) is 6.07 Å². The Kier molecular flexibility index (Phi) is 5.47. The molecule has 2 aromatic rings. The van der Waals surface area contributed by atoms with Crippen LogP contribution in [0, 0.1) is 5.82 Å². The molecule has 0 aliphatic heterocycles. The van der Waals surface area contributed by atoms with Crippen molar-refractivity contribution < 1.29 is 9.13 Å². The van der Waals surface area contributed by atoms with Crippen LogP contribution in [-0.4, -0.2) is 6.61 Å². The van der Waals surface area contributed by atoms with Crippen LogP contribution < -0.4 is 4.74 Å². The summed E-state index contributed by atoms with van der Waals surface area (Å²) in [5, 5.41) is -0.348. The first-order valence-electron chi connectivity index (χ1n) is 6.04. The standard InChI is InChI=1S/C15H12Br2ClFO/c1-2-20-14-6-4-10(8-12(14)17)15(18)9-3-5-13(19)11(16)7-9/h3-8,15H,2H2,1H3. The summed E-state index contributed by atoms with van der Waals surface area (Å²) in [5.41, 5.74) is 1.75. The fourth-order valence-electron chi connectivity index (χ4n) is 1.81. The second-order valence-electron chi connectivity index (χ2n) is 4.16. The number of rotatable bonds is 4. The largest absolute Gasteiger partial charge is 0.493 e. The minimum absolute atomic E-state index is 0.300. The first-order valence-corrected chi connectivity index (χ1v) is 8.06. The molecule has 0 saturated carbocycles. The third kappa shape index (κ3) is 3.54. The predicted octanol–water partition coefficient (Wildman–Crippen LogP) is 6.08. The van der Waals surface area contributed by atoms with Crippen LogP contribution in [-0.2, 0) is 0 Å². The predicted molar refractivity (Wildman–Crippen MR) is 87.1 cm³/mol. The molecule has 20 heavy (non-hydrogen) atoms. The molecule has 0 spiro atoms. The molecule has 1 unspecified atom stereocenters. The highest BCUT2D eigenvalue weighted by molar-refractivity contribution is 9.10. The maximum absolute atomic E-state index is 13.3. The Labute approximate surface area is 139 Å². The van der Waals surface area contributed by atoms with E-state index < -0.39 is 0 Å². The van der Waals surface area contributed by atoms with Crippen LogP contribution in [0.25, 0.3) is 0 Å². The van der Waals surface area contributed by atoms with Crippen molar-refractivity contribution in [1.29, 1.82) is 0 Å². The molecule has 106 valence electrons. The Morgan fingerprint density at radius 1 is 1.10 bits per heavy atom. The lowest BCUT2D eigenvalue weighted by molar-refractivity contribution is 0.338. The molecular weight excluding hydrogens is 410 g/mol. The van der Waals surface area contributed by atoms with Crippen molar-refractivity contribution in [3.05, 3.63) is 62.3 Å². The van der Waals surface area contributed by atoms with E-state index in [4.69, 9.17) is 16.3 Å². The minimum Gasteiger partial charge on any atom is -0.493 e. The van der Waals surface area contributed by atoms with Crippen LogP contribution in [0.1, 0.15) is 23.4 Å². The zero-order valence-corrected chi connectivity index (χ0v) is 14.6. The van der Waals surface area contributed by atoms with Crippen molar-refractivity contribution in [2.45, 2.75) is 12.3 Å². The van der Waals surface area contributed by atoms with Gasteiger partial charge in [0.2, 0.25) is 0 Å². The Morgan fingerprint density at radius 3 is 2.25 bits per heavy atom. The average Bonchev–Trinajstić information content (AvgIpc) is 2.43. The maximum Gasteiger partial charge on any atom is 0.137 e. The van der Waals surface area contributed by atoms with Crippen LogP contribution in [0.15, 0.2) is 45.3 Å². The van der Waals surface area contributed by atoms with Gasteiger partial charge in [0, 0.05) is 0 Å². The normalized spacial score (nSPS) is 12.2. The summed E-state index contributed by atoms with van der Waals surface area (Å²) in [4.78, 5) is 0. The Balaban J connectivity index is 2.30. The van der Waals surface area contributed by atoms with Gasteiger partial charge in [-0.3, -0.25) is 0 Å². The van der Waals surface area contributed by atoms with Crippen LogP contribution in [0.4, 0.5) is 4.39 Å². The molecule has 0 bridgehead atoms. The van der Waals surface area contributed by atoms with Gasteiger partial charge in [0.1, 0.15) is 11.6 Å². The number of benzene rings is 2. The third-order valence-electron chi connectivity index (χ3n) is 2.78. The maximum atomic E-state index is 13.3. The van der Waals surface area contributed by atoms with E-state index in [9.17, 15) is 4.39 Å². The van der Waals surface area contributed by atoms with E-state index >= 15 is 0 Å². The molecule has 0 amide bonds. The van der Waals surface area contributed by atoms with Gasteiger partial charge in [0.25, 0.3) is 0 Å². The summed E-state index contributed by atoms with van der Waals surface area (Å²) in [6.45, 7) is 2.54. The molecule has 0 N–H and O–H groups in total. The van der Waals surface area contributed by atoms with E-state index in [-0.39, 0.29) is 11.2 Å². The van der Waals surface area contributed by atoms with Crippen LogP contribution >= 0.6 is 43.5 Å². The second kappa shape index (κ2) is 6.92. The van der Waals surface area contributed by atoms with Crippen molar-refractivity contribution in [3.63, 3.8) is 0 Å². The molecule has 2 rings (SSSR count). The first-order chi connectivity index (χ1) is 9.52. The van der Waals surface area contributed by atoms with Gasteiger partial charge < -0.3 is 4.74 Å². The number of alkyl halides is 1. The molecule has 0 radical (unpaired) electrons. The quantitative estimate of drug-likeness (QED) is 0.543. The molecule has 0 saturated heterocycles. The van der Waals surface area contributed by atoms with Gasteiger partial charge in [-0.05, 0) is 74.2 Å². The first kappa shape index (κ1) is 15.8. The summed E-state index contributed by atoms with van der Waals surface area (Å²) in [6, 6.07) is 10.5. The number of hydrogen-bond acceptors (Lipinski definition) is 1. The number of ether oxygens (including phenoxy) is 1. The Hall–Kier alpha value is -0.580. The molecule has 0 aliphatic carbocycles. The van der Waals surface area contributed by atoms with Gasteiger partial charge in [-0.15, -0.1) is 11.6 Å². The lowest BCUT2D eigenvalue weighted by Crippen LogP contribution is -1.97. The molecule has 0 aromatic heterocycles. The summed E-state index contributed by atoms with van der Waals surface area (Å²) in [5.74, 6) is 0.478. The Bertz CT molecular complexity index is 619. The van der Waals surface area contributed by atoms with Gasteiger partial charge in [-0.1, -0.05) is 12.1 Å². The summed E-state index contributed by atoms with van der Waals surface area (Å²) < 4.78 is 20.0. The van der Waals surface area contributed by atoms with Gasteiger partial charge in [-0.25, -0.2) is 4.39 Å². The van der Waals surface area contributed by atoms with Crippen LogP contribution in [0.5, 0.6) is 5.75 Å². The molecule has 1 atom stereocenters. The summed E-state index contributed by atoms with van der Waals surface area (Å²) in [6.07, 6.45) is 0. The zero-order chi connectivity index (χ0) is 14.7. The van der Waals surface area contributed by atoms with Crippen LogP contribution in [0.3, 0.4) is 0 Å². The molecule has 0 heterocycles. The zero-order valence-electron chi connectivity index (χ0n) is 10.7. The smallest absolute Gasteiger partial charge is 0.137 e. The molecular formula is C15H12Br2ClFO. The summed E-state index contributed by atoms with van der Waals surface area (Å²) >= 11 is 13.1. The summed E-state index contributed by atoms with van der Waals surface area (Å²) in [7, 11) is 0. The topological polar surface area (TPSA) is 9.23 Å². The molecule has 0 aliphatic rings. The Morgan fingerprint density at radius 2 is 1.70 bits per heavy atom. The minimum atomic E-state index is -0.348. The number of hydrogen-bond donors (Lipinski definition) is 0. The third-order valence-corrected chi connectivity index (χ3v) is 4.52. The monoisotopic (exact) mass is 420 g/mol. The van der Waals surface area contributed by atoms with Crippen molar-refractivity contribution in [2.75, 3.05) is 6.61 Å². The average molecular weight is 423 g/mol. The van der Waals surface area contributed by atoms with Crippen molar-refractivity contribution >= 4 is 43.5 Å². The van der Waals surface area contributed by atoms with E-state index in [1.54, 1.807) is 12.1 Å². The lowest BCUT2D eigenvalue weighted by atomic mass is 10.0. The van der Waals surface area contributed by atoms with Crippen LogP contribution in [0.2, 0.25) is 0 Å². The van der Waals surface area contributed by atoms with Gasteiger partial charge >= 0.3 is 0 Å². The number of halogens is 4. The van der Waals surface area contributed by atoms with Gasteiger partial charge in [-0.2, -0.15) is 0 Å². The lowest BCUT2D eigenvalue weighted by Gasteiger charge is -2.13. The van der Waals surface area contributed by atoms with Gasteiger partial charge in [0.15, 0.2) is 0 Å². The highest BCUT2D eigenvalue weighted by atomic mass is 79.9. The SMILES string of the molecule is CCOc1ccc(C(Cl)c2ccc(F)c(Br)c2)cc1Br. The van der Waals surface area contributed by atoms with E-state index in [0.717, 1.165) is 21.3 Å². The fourth-order valence-corrected chi connectivity index (χ4v) is 2.99. The van der Waals surface area contributed by atoms with E-state index in [0.29, 0.717) is 11.1 Å². The molecule has 0 fully saturated rings. The van der Waals surface area contributed by atoms with Crippen molar-refractivity contribution in [2.24, 2.45) is 0 Å². The molecule has 2 aromatic carbocycles.